The molecule has 1 rings (SSSR count). The Hall–Kier alpha value is -1.56. The monoisotopic (exact) mass is 282 g/mol. The topological polar surface area (TPSA) is 94.8 Å². The van der Waals surface area contributed by atoms with Crippen LogP contribution >= 0.6 is 0 Å². The molecule has 5 heteroatoms. The van der Waals surface area contributed by atoms with Crippen molar-refractivity contribution in [2.45, 2.75) is 20.8 Å². The van der Waals surface area contributed by atoms with Crippen LogP contribution in [0.1, 0.15) is 38.8 Å². The first-order valence-electron chi connectivity index (χ1n) is 6.22. The fraction of sp³-hybridized carbons (Fsp3) is 0.467. The minimum atomic E-state index is -0.708. The van der Waals surface area contributed by atoms with Crippen molar-refractivity contribution in [2.24, 2.45) is 5.41 Å². The van der Waals surface area contributed by atoms with Gasteiger partial charge in [0.1, 0.15) is 12.6 Å². The summed E-state index contributed by atoms with van der Waals surface area (Å²) < 4.78 is 0. The maximum absolute atomic E-state index is 10.5. The van der Waals surface area contributed by atoms with E-state index in [1.165, 1.54) is 0 Å². The molecule has 0 aliphatic heterocycles. The second-order valence-corrected chi connectivity index (χ2v) is 5.01. The van der Waals surface area contributed by atoms with E-state index in [1.54, 1.807) is 19.1 Å². The van der Waals surface area contributed by atoms with Gasteiger partial charge in [0, 0.05) is 16.5 Å². The summed E-state index contributed by atoms with van der Waals surface area (Å²) in [6.07, 6.45) is 1.60. The van der Waals surface area contributed by atoms with Crippen molar-refractivity contribution in [1.29, 1.82) is 0 Å². The van der Waals surface area contributed by atoms with Crippen molar-refractivity contribution < 1.29 is 24.9 Å². The Morgan fingerprint density at radius 1 is 0.900 bits per heavy atom. The summed E-state index contributed by atoms with van der Waals surface area (Å²) in [7, 11) is 0. The average Bonchev–Trinajstić information content (AvgIpc) is 2.50. The van der Waals surface area contributed by atoms with Crippen molar-refractivity contribution in [3.63, 3.8) is 0 Å². The second kappa shape index (κ2) is 8.58. The molecule has 112 valence electrons. The molecule has 0 aliphatic carbocycles. The lowest BCUT2D eigenvalue weighted by molar-refractivity contribution is 0.0200. The third-order valence-corrected chi connectivity index (χ3v) is 3.27. The van der Waals surface area contributed by atoms with E-state index in [1.807, 2.05) is 13.8 Å². The Morgan fingerprint density at radius 3 is 1.35 bits per heavy atom. The zero-order valence-electron chi connectivity index (χ0n) is 12.1. The van der Waals surface area contributed by atoms with E-state index < -0.39 is 5.41 Å². The van der Waals surface area contributed by atoms with Crippen LogP contribution < -0.4 is 0 Å². The van der Waals surface area contributed by atoms with Crippen LogP contribution in [0.25, 0.3) is 0 Å². The predicted molar refractivity (Wildman–Crippen MR) is 76.1 cm³/mol. The summed E-state index contributed by atoms with van der Waals surface area (Å²) in [5.41, 5.74) is 2.36. The number of hydrogen-bond acceptors (Lipinski definition) is 5. The van der Waals surface area contributed by atoms with Crippen LogP contribution in [0.3, 0.4) is 0 Å². The first-order valence-corrected chi connectivity index (χ1v) is 6.22. The fourth-order valence-electron chi connectivity index (χ4n) is 1.27. The maximum atomic E-state index is 10.5. The number of rotatable bonds is 5. The fourth-order valence-corrected chi connectivity index (χ4v) is 1.27. The number of carbonyl (C=O) groups is 2. The summed E-state index contributed by atoms with van der Waals surface area (Å²) in [5.74, 6) is 0. The lowest BCUT2D eigenvalue weighted by atomic mass is 9.95. The van der Waals surface area contributed by atoms with Crippen LogP contribution in [0.15, 0.2) is 12.1 Å². The third-order valence-electron chi connectivity index (χ3n) is 3.27. The van der Waals surface area contributed by atoms with Crippen LogP contribution in [0.2, 0.25) is 0 Å². The molecule has 3 N–H and O–H groups in total. The zero-order valence-corrected chi connectivity index (χ0v) is 12.1. The summed E-state index contributed by atoms with van der Waals surface area (Å²) in [6.45, 7) is 4.74. The van der Waals surface area contributed by atoms with Gasteiger partial charge in [0.15, 0.2) is 0 Å². The van der Waals surface area contributed by atoms with Gasteiger partial charge in [-0.1, -0.05) is 19.1 Å². The first-order chi connectivity index (χ1) is 9.38. The van der Waals surface area contributed by atoms with Crippen LogP contribution in [0.4, 0.5) is 0 Å². The van der Waals surface area contributed by atoms with Gasteiger partial charge in [-0.25, -0.2) is 0 Å². The van der Waals surface area contributed by atoms with Crippen molar-refractivity contribution in [2.75, 3.05) is 19.8 Å². The molecule has 0 unspecified atom stereocenters. The molecule has 0 heterocycles. The van der Waals surface area contributed by atoms with Gasteiger partial charge in [-0.3, -0.25) is 9.59 Å². The van der Waals surface area contributed by atoms with E-state index in [2.05, 4.69) is 0 Å². The molecular weight excluding hydrogens is 260 g/mol. The van der Waals surface area contributed by atoms with Crippen LogP contribution in [-0.4, -0.2) is 47.7 Å². The molecule has 0 saturated heterocycles. The van der Waals surface area contributed by atoms with Gasteiger partial charge in [0.05, 0.1) is 19.8 Å². The van der Waals surface area contributed by atoms with Gasteiger partial charge in [0.25, 0.3) is 0 Å². The van der Waals surface area contributed by atoms with Crippen molar-refractivity contribution in [3.05, 3.63) is 34.4 Å². The van der Waals surface area contributed by atoms with Gasteiger partial charge >= 0.3 is 0 Å². The lowest BCUT2D eigenvalue weighted by Crippen LogP contribution is -2.29. The Kier molecular flexibility index (Phi) is 7.91. The number of aldehydes is 2. The van der Waals surface area contributed by atoms with E-state index in [0.717, 1.165) is 23.7 Å². The SMILES string of the molecule is CC(CO)(CO)CO.Cc1c(C=O)ccc(C=O)c1C. The smallest absolute Gasteiger partial charge is 0.150 e. The van der Waals surface area contributed by atoms with Crippen molar-refractivity contribution in [3.8, 4) is 0 Å². The summed E-state index contributed by atoms with van der Waals surface area (Å²) >= 11 is 0. The highest BCUT2D eigenvalue weighted by Gasteiger charge is 2.20. The number of carbonyl (C=O) groups excluding carboxylic acids is 2. The summed E-state index contributed by atoms with van der Waals surface area (Å²) in [4.78, 5) is 21.0. The molecule has 0 atom stereocenters. The highest BCUT2D eigenvalue weighted by atomic mass is 16.3. The summed E-state index contributed by atoms with van der Waals surface area (Å²) in [5, 5.41) is 25.4. The largest absolute Gasteiger partial charge is 0.396 e. The number of hydrogen-bond donors (Lipinski definition) is 3. The maximum Gasteiger partial charge on any atom is 0.150 e. The molecule has 1 aromatic rings. The molecule has 0 radical (unpaired) electrons. The van der Waals surface area contributed by atoms with Crippen LogP contribution in [0, 0.1) is 19.3 Å². The standard InChI is InChI=1S/C10H10O2.C5H12O3/c1-7-8(2)10(6-12)4-3-9(7)5-11;1-5(2-6,3-7)4-8/h3-6H,1-2H3;6-8H,2-4H2,1H3. The van der Waals surface area contributed by atoms with E-state index in [9.17, 15) is 9.59 Å². The van der Waals surface area contributed by atoms with Gasteiger partial charge in [0.2, 0.25) is 0 Å². The van der Waals surface area contributed by atoms with E-state index in [-0.39, 0.29) is 19.8 Å². The third kappa shape index (κ3) is 4.85. The molecule has 0 saturated carbocycles. The van der Waals surface area contributed by atoms with E-state index in [0.29, 0.717) is 11.1 Å². The van der Waals surface area contributed by atoms with Crippen molar-refractivity contribution in [1.82, 2.24) is 0 Å². The Balaban J connectivity index is 0.000000396. The molecule has 0 aromatic heterocycles. The Morgan fingerprint density at radius 2 is 1.20 bits per heavy atom. The second-order valence-electron chi connectivity index (χ2n) is 5.01. The molecule has 20 heavy (non-hydrogen) atoms. The van der Waals surface area contributed by atoms with Gasteiger partial charge in [-0.2, -0.15) is 0 Å². The molecule has 0 fully saturated rings. The molecule has 0 aliphatic rings. The number of aliphatic hydroxyl groups is 3. The minimum absolute atomic E-state index is 0.181. The van der Waals surface area contributed by atoms with Crippen molar-refractivity contribution >= 4 is 12.6 Å². The van der Waals surface area contributed by atoms with Gasteiger partial charge < -0.3 is 15.3 Å². The van der Waals surface area contributed by atoms with Crippen LogP contribution in [-0.2, 0) is 0 Å². The molecule has 0 spiro atoms. The average molecular weight is 282 g/mol. The Labute approximate surface area is 118 Å². The molecular formula is C15H22O5. The van der Waals surface area contributed by atoms with Gasteiger partial charge in [-0.05, 0) is 25.0 Å². The predicted octanol–water partition coefficient (Wildman–Crippen LogP) is 0.898. The van der Waals surface area contributed by atoms with E-state index in [4.69, 9.17) is 15.3 Å². The normalized spacial score (nSPS) is 10.5. The van der Waals surface area contributed by atoms with Crippen LogP contribution in [0.5, 0.6) is 0 Å². The Bertz CT molecular complexity index is 409. The zero-order chi connectivity index (χ0) is 15.8. The van der Waals surface area contributed by atoms with Gasteiger partial charge in [-0.15, -0.1) is 0 Å². The number of aliphatic hydroxyl groups excluding tert-OH is 3. The molecule has 0 amide bonds. The molecule has 1 aromatic carbocycles. The first kappa shape index (κ1) is 18.4. The lowest BCUT2D eigenvalue weighted by Gasteiger charge is -2.20. The minimum Gasteiger partial charge on any atom is -0.396 e. The highest BCUT2D eigenvalue weighted by Crippen LogP contribution is 2.14. The molecule has 5 nitrogen and oxygen atoms in total. The molecule has 0 bridgehead atoms. The highest BCUT2D eigenvalue weighted by molar-refractivity contribution is 5.83. The number of benzene rings is 1. The summed E-state index contributed by atoms with van der Waals surface area (Å²) in [6, 6.07) is 3.33. The quantitative estimate of drug-likeness (QED) is 0.697. The van der Waals surface area contributed by atoms with E-state index >= 15 is 0 Å².